The van der Waals surface area contributed by atoms with Crippen molar-refractivity contribution in [3.8, 4) is 55.6 Å². The van der Waals surface area contributed by atoms with Crippen molar-refractivity contribution in [2.75, 3.05) is 4.90 Å². The SMILES string of the molecule is c1ccc(-c2ccc(N(c3ccccc3)c3ccc(-c4cccc5c4c(-c4ccccc4)c(-c4ccccc4)c4ccccc45)cc3)c(-c3ccccc3)c2)cc1. The first-order valence-electron chi connectivity index (χ1n) is 19.6. The molecule has 0 aliphatic rings. The third-order valence-electron chi connectivity index (χ3n) is 11.1. The first-order chi connectivity index (χ1) is 28.3. The lowest BCUT2D eigenvalue weighted by atomic mass is 9.82. The van der Waals surface area contributed by atoms with E-state index in [-0.39, 0.29) is 0 Å². The first-order valence-corrected chi connectivity index (χ1v) is 19.6. The van der Waals surface area contributed by atoms with E-state index in [0.717, 1.165) is 17.1 Å². The van der Waals surface area contributed by atoms with Gasteiger partial charge in [-0.2, -0.15) is 0 Å². The summed E-state index contributed by atoms with van der Waals surface area (Å²) in [6.45, 7) is 0. The number of fused-ring (bicyclic) bond motifs is 3. The van der Waals surface area contributed by atoms with Gasteiger partial charge in [0.2, 0.25) is 0 Å². The highest BCUT2D eigenvalue weighted by molar-refractivity contribution is 6.24. The van der Waals surface area contributed by atoms with Gasteiger partial charge in [0.1, 0.15) is 0 Å². The topological polar surface area (TPSA) is 3.24 Å². The van der Waals surface area contributed by atoms with Crippen molar-refractivity contribution < 1.29 is 0 Å². The average molecular weight is 726 g/mol. The summed E-state index contributed by atoms with van der Waals surface area (Å²) in [6.07, 6.45) is 0. The van der Waals surface area contributed by atoms with Crippen LogP contribution in [-0.2, 0) is 0 Å². The highest BCUT2D eigenvalue weighted by Gasteiger charge is 2.22. The monoisotopic (exact) mass is 725 g/mol. The Labute approximate surface area is 334 Å². The fourth-order valence-corrected chi connectivity index (χ4v) is 8.46. The lowest BCUT2D eigenvalue weighted by molar-refractivity contribution is 1.28. The van der Waals surface area contributed by atoms with Crippen molar-refractivity contribution >= 4 is 38.6 Å². The van der Waals surface area contributed by atoms with Crippen molar-refractivity contribution in [2.45, 2.75) is 0 Å². The van der Waals surface area contributed by atoms with Crippen LogP contribution in [-0.4, -0.2) is 0 Å². The minimum atomic E-state index is 1.09. The molecule has 0 spiro atoms. The van der Waals surface area contributed by atoms with Crippen molar-refractivity contribution in [1.29, 1.82) is 0 Å². The molecule has 0 atom stereocenters. The van der Waals surface area contributed by atoms with E-state index in [1.165, 1.54) is 77.2 Å². The Hall–Kier alpha value is -7.48. The molecule has 0 radical (unpaired) electrons. The molecule has 1 nitrogen and oxygen atoms in total. The van der Waals surface area contributed by atoms with E-state index in [0.29, 0.717) is 0 Å². The van der Waals surface area contributed by atoms with E-state index < -0.39 is 0 Å². The van der Waals surface area contributed by atoms with Gasteiger partial charge in [0, 0.05) is 16.9 Å². The molecule has 10 rings (SSSR count). The summed E-state index contributed by atoms with van der Waals surface area (Å²) < 4.78 is 0. The van der Waals surface area contributed by atoms with Crippen LogP contribution in [0.15, 0.2) is 237 Å². The zero-order chi connectivity index (χ0) is 38.0. The summed E-state index contributed by atoms with van der Waals surface area (Å²) in [5.41, 5.74) is 15.4. The van der Waals surface area contributed by atoms with Gasteiger partial charge in [-0.1, -0.05) is 200 Å². The Morgan fingerprint density at radius 2 is 0.702 bits per heavy atom. The largest absolute Gasteiger partial charge is 0.310 e. The molecule has 1 heteroatoms. The summed E-state index contributed by atoms with van der Waals surface area (Å²) >= 11 is 0. The van der Waals surface area contributed by atoms with E-state index in [4.69, 9.17) is 0 Å². The number of hydrogen-bond acceptors (Lipinski definition) is 1. The Bertz CT molecular complexity index is 2960. The molecule has 0 bridgehead atoms. The average Bonchev–Trinajstić information content (AvgIpc) is 3.30. The van der Waals surface area contributed by atoms with Crippen molar-refractivity contribution in [3.05, 3.63) is 237 Å². The zero-order valence-electron chi connectivity index (χ0n) is 31.5. The number of nitrogens with zero attached hydrogens (tertiary/aromatic N) is 1. The molecule has 0 fully saturated rings. The zero-order valence-corrected chi connectivity index (χ0v) is 31.5. The van der Waals surface area contributed by atoms with Crippen LogP contribution in [0.2, 0.25) is 0 Å². The molecule has 0 aliphatic heterocycles. The predicted octanol–water partition coefficient (Wildman–Crippen LogP) is 15.8. The maximum Gasteiger partial charge on any atom is 0.0540 e. The summed E-state index contributed by atoms with van der Waals surface area (Å²) in [5, 5.41) is 5.03. The van der Waals surface area contributed by atoms with Crippen molar-refractivity contribution in [2.24, 2.45) is 0 Å². The third-order valence-corrected chi connectivity index (χ3v) is 11.1. The molecule has 0 saturated carbocycles. The van der Waals surface area contributed by atoms with Gasteiger partial charge in [-0.25, -0.2) is 0 Å². The van der Waals surface area contributed by atoms with Crippen LogP contribution in [0.4, 0.5) is 17.1 Å². The maximum absolute atomic E-state index is 2.39. The second-order valence-electron chi connectivity index (χ2n) is 14.4. The maximum atomic E-state index is 2.39. The molecular weight excluding hydrogens is 687 g/mol. The molecule has 0 amide bonds. The van der Waals surface area contributed by atoms with Crippen LogP contribution >= 0.6 is 0 Å². The van der Waals surface area contributed by atoms with Crippen LogP contribution < -0.4 is 4.90 Å². The summed E-state index contributed by atoms with van der Waals surface area (Å²) in [6, 6.07) is 85.5. The molecule has 0 saturated heterocycles. The van der Waals surface area contributed by atoms with Gasteiger partial charge in [0.25, 0.3) is 0 Å². The number of hydrogen-bond donors (Lipinski definition) is 0. The van der Waals surface area contributed by atoms with E-state index in [1.54, 1.807) is 0 Å². The van der Waals surface area contributed by atoms with E-state index in [1.807, 2.05) is 0 Å². The summed E-state index contributed by atoms with van der Waals surface area (Å²) in [5.74, 6) is 0. The van der Waals surface area contributed by atoms with Crippen LogP contribution in [0, 0.1) is 0 Å². The van der Waals surface area contributed by atoms with Crippen LogP contribution in [0.25, 0.3) is 77.2 Å². The minimum Gasteiger partial charge on any atom is -0.310 e. The van der Waals surface area contributed by atoms with Gasteiger partial charge >= 0.3 is 0 Å². The van der Waals surface area contributed by atoms with Crippen LogP contribution in [0.1, 0.15) is 0 Å². The van der Waals surface area contributed by atoms with Gasteiger partial charge in [0.15, 0.2) is 0 Å². The molecule has 0 N–H and O–H groups in total. The quantitative estimate of drug-likeness (QED) is 0.141. The second kappa shape index (κ2) is 15.0. The smallest absolute Gasteiger partial charge is 0.0540 e. The van der Waals surface area contributed by atoms with Gasteiger partial charge in [-0.15, -0.1) is 0 Å². The van der Waals surface area contributed by atoms with Crippen molar-refractivity contribution in [3.63, 3.8) is 0 Å². The van der Waals surface area contributed by atoms with E-state index >= 15 is 0 Å². The fourth-order valence-electron chi connectivity index (χ4n) is 8.46. The lowest BCUT2D eigenvalue weighted by Crippen LogP contribution is -2.11. The number of rotatable bonds is 8. The molecule has 268 valence electrons. The minimum absolute atomic E-state index is 1.09. The van der Waals surface area contributed by atoms with Gasteiger partial charge < -0.3 is 4.90 Å². The highest BCUT2D eigenvalue weighted by Crippen LogP contribution is 2.48. The molecular formula is C56H39N. The Balaban J connectivity index is 1.18. The Morgan fingerprint density at radius 1 is 0.246 bits per heavy atom. The summed E-state index contributed by atoms with van der Waals surface area (Å²) in [4.78, 5) is 2.39. The molecule has 10 aromatic carbocycles. The summed E-state index contributed by atoms with van der Waals surface area (Å²) in [7, 11) is 0. The third kappa shape index (κ3) is 6.36. The Kier molecular flexibility index (Phi) is 8.95. The number of benzene rings is 10. The number of para-hydroxylation sites is 1. The molecule has 0 heterocycles. The fraction of sp³-hybridized carbons (Fsp3) is 0. The van der Waals surface area contributed by atoms with Crippen LogP contribution in [0.3, 0.4) is 0 Å². The molecule has 0 aliphatic carbocycles. The molecule has 57 heavy (non-hydrogen) atoms. The second-order valence-corrected chi connectivity index (χ2v) is 14.4. The lowest BCUT2D eigenvalue weighted by Gasteiger charge is -2.28. The van der Waals surface area contributed by atoms with Crippen molar-refractivity contribution in [1.82, 2.24) is 0 Å². The molecule has 0 aromatic heterocycles. The van der Waals surface area contributed by atoms with E-state index in [9.17, 15) is 0 Å². The van der Waals surface area contributed by atoms with Crippen LogP contribution in [0.5, 0.6) is 0 Å². The predicted molar refractivity (Wildman–Crippen MR) is 243 cm³/mol. The standard InChI is InChI=1S/C56H39N/c1-6-19-40(20-7-1)45-35-38-53(52(39-45)41-21-8-2-9-22-41)57(46-27-14-5-15-28-46)47-36-33-42(34-37-47)48-31-18-32-51-49-29-16-17-30-50(49)54(43-23-10-3-11-24-43)55(56(48)51)44-25-12-4-13-26-44/h1-39H. The van der Waals surface area contributed by atoms with Gasteiger partial charge in [-0.3, -0.25) is 0 Å². The number of anilines is 3. The molecule has 0 unspecified atom stereocenters. The van der Waals surface area contributed by atoms with E-state index in [2.05, 4.69) is 241 Å². The first kappa shape index (κ1) is 34.0. The highest BCUT2D eigenvalue weighted by atomic mass is 15.1. The van der Waals surface area contributed by atoms with Gasteiger partial charge in [-0.05, 0) is 108 Å². The van der Waals surface area contributed by atoms with Gasteiger partial charge in [0.05, 0.1) is 5.69 Å². The molecule has 10 aromatic rings. The normalized spacial score (nSPS) is 11.2. The Morgan fingerprint density at radius 3 is 1.33 bits per heavy atom.